The van der Waals surface area contributed by atoms with Crippen LogP contribution in [0.2, 0.25) is 0 Å². The molecule has 0 saturated heterocycles. The maximum Gasteiger partial charge on any atom is 0.419 e. The molecule has 2 aromatic heterocycles. The van der Waals surface area contributed by atoms with Crippen LogP contribution in [0, 0.1) is 0 Å². The summed E-state index contributed by atoms with van der Waals surface area (Å²) in [7, 11) is 1.35. The van der Waals surface area contributed by atoms with Crippen molar-refractivity contribution in [3.8, 4) is 0 Å². The molecule has 6 heteroatoms. The number of esters is 1. The smallest absolute Gasteiger partial charge is 0.419 e. The van der Waals surface area contributed by atoms with Crippen LogP contribution in [0.3, 0.4) is 0 Å². The number of thiophene rings is 1. The van der Waals surface area contributed by atoms with Gasteiger partial charge in [-0.1, -0.05) is 0 Å². The first-order chi connectivity index (χ1) is 9.31. The van der Waals surface area contributed by atoms with Crippen molar-refractivity contribution in [1.29, 1.82) is 0 Å². The number of ether oxygens (including phenoxy) is 2. The first-order valence-electron chi connectivity index (χ1n) is 6.19. The zero-order chi connectivity index (χ0) is 14.9. The predicted molar refractivity (Wildman–Crippen MR) is 77.2 cm³/mol. The standard InChI is InChI=1S/C14H17NO4S/c1-14(2,3)19-13(17)15-8-9(7-11(16)18-4)12-10(15)5-6-20-12/h5-6,8H,7H2,1-4H3. The van der Waals surface area contributed by atoms with Gasteiger partial charge in [0, 0.05) is 6.20 Å². The van der Waals surface area contributed by atoms with E-state index in [4.69, 9.17) is 4.74 Å². The van der Waals surface area contributed by atoms with Crippen LogP contribution in [0.4, 0.5) is 4.79 Å². The molecule has 5 nitrogen and oxygen atoms in total. The number of carbonyl (C=O) groups is 2. The minimum absolute atomic E-state index is 0.142. The predicted octanol–water partition coefficient (Wildman–Crippen LogP) is 3.20. The van der Waals surface area contributed by atoms with E-state index in [1.807, 2.05) is 32.2 Å². The molecule has 0 atom stereocenters. The van der Waals surface area contributed by atoms with Crippen molar-refractivity contribution in [2.75, 3.05) is 7.11 Å². The molecule has 108 valence electrons. The van der Waals surface area contributed by atoms with E-state index in [0.717, 1.165) is 15.8 Å². The van der Waals surface area contributed by atoms with E-state index in [-0.39, 0.29) is 12.4 Å². The number of methoxy groups -OCH3 is 1. The van der Waals surface area contributed by atoms with Crippen LogP contribution < -0.4 is 0 Å². The summed E-state index contributed by atoms with van der Waals surface area (Å²) in [5.41, 5.74) is 0.961. The van der Waals surface area contributed by atoms with E-state index in [9.17, 15) is 9.59 Å². The molecule has 2 aromatic rings. The summed E-state index contributed by atoms with van der Waals surface area (Å²) in [5, 5.41) is 1.88. The van der Waals surface area contributed by atoms with Gasteiger partial charge in [-0.2, -0.15) is 0 Å². The van der Waals surface area contributed by atoms with Gasteiger partial charge < -0.3 is 9.47 Å². The first kappa shape index (κ1) is 14.6. The lowest BCUT2D eigenvalue weighted by atomic mass is 10.2. The monoisotopic (exact) mass is 295 g/mol. The van der Waals surface area contributed by atoms with Crippen LogP contribution >= 0.6 is 11.3 Å². The highest BCUT2D eigenvalue weighted by Crippen LogP contribution is 2.28. The second-order valence-electron chi connectivity index (χ2n) is 5.39. The molecule has 20 heavy (non-hydrogen) atoms. The number of carbonyl (C=O) groups excluding carboxylic acids is 2. The van der Waals surface area contributed by atoms with Gasteiger partial charge in [-0.3, -0.25) is 9.36 Å². The molecule has 0 fully saturated rings. The summed E-state index contributed by atoms with van der Waals surface area (Å²) < 4.78 is 12.4. The lowest BCUT2D eigenvalue weighted by molar-refractivity contribution is -0.139. The quantitative estimate of drug-likeness (QED) is 0.798. The topological polar surface area (TPSA) is 57.5 Å². The normalized spacial score (nSPS) is 11.6. The average molecular weight is 295 g/mol. The molecule has 0 amide bonds. The molecule has 0 bridgehead atoms. The molecule has 2 rings (SSSR count). The molecule has 0 spiro atoms. The molecule has 0 unspecified atom stereocenters. The molecule has 0 aliphatic carbocycles. The first-order valence-corrected chi connectivity index (χ1v) is 7.07. The van der Waals surface area contributed by atoms with Gasteiger partial charge in [-0.05, 0) is 37.8 Å². The van der Waals surface area contributed by atoms with Gasteiger partial charge in [0.2, 0.25) is 0 Å². The highest BCUT2D eigenvalue weighted by atomic mass is 32.1. The summed E-state index contributed by atoms with van der Waals surface area (Å²) in [6.07, 6.45) is 1.34. The van der Waals surface area contributed by atoms with Crippen LogP contribution in [0.5, 0.6) is 0 Å². The van der Waals surface area contributed by atoms with Gasteiger partial charge in [0.05, 0.1) is 23.7 Å². The van der Waals surface area contributed by atoms with Crippen molar-refractivity contribution in [1.82, 2.24) is 4.57 Å². The molecule has 0 N–H and O–H groups in total. The highest BCUT2D eigenvalue weighted by Gasteiger charge is 2.22. The van der Waals surface area contributed by atoms with Gasteiger partial charge in [0.15, 0.2) is 0 Å². The van der Waals surface area contributed by atoms with E-state index < -0.39 is 11.7 Å². The van der Waals surface area contributed by atoms with E-state index >= 15 is 0 Å². The second-order valence-corrected chi connectivity index (χ2v) is 6.31. The van der Waals surface area contributed by atoms with Gasteiger partial charge in [0.25, 0.3) is 0 Å². The van der Waals surface area contributed by atoms with Crippen molar-refractivity contribution in [2.24, 2.45) is 0 Å². The molecular weight excluding hydrogens is 278 g/mol. The third-order valence-corrected chi connectivity index (χ3v) is 3.61. The Labute approximate surface area is 121 Å². The summed E-state index contributed by atoms with van der Waals surface area (Å²) >= 11 is 1.49. The third-order valence-electron chi connectivity index (χ3n) is 2.63. The van der Waals surface area contributed by atoms with Gasteiger partial charge in [-0.15, -0.1) is 11.3 Å². The highest BCUT2D eigenvalue weighted by molar-refractivity contribution is 7.17. The Hall–Kier alpha value is -1.82. The maximum atomic E-state index is 12.2. The molecule has 2 heterocycles. The van der Waals surface area contributed by atoms with Crippen molar-refractivity contribution in [3.63, 3.8) is 0 Å². The van der Waals surface area contributed by atoms with Crippen molar-refractivity contribution in [3.05, 3.63) is 23.2 Å². The SMILES string of the molecule is COC(=O)Cc1cn(C(=O)OC(C)(C)C)c2ccsc12. The van der Waals surface area contributed by atoms with Crippen LogP contribution in [0.15, 0.2) is 17.6 Å². The number of hydrogen-bond acceptors (Lipinski definition) is 5. The van der Waals surface area contributed by atoms with Crippen LogP contribution in [0.25, 0.3) is 10.2 Å². The summed E-state index contributed by atoms with van der Waals surface area (Å²) in [6, 6.07) is 1.84. The lowest BCUT2D eigenvalue weighted by Gasteiger charge is -2.19. The van der Waals surface area contributed by atoms with E-state index in [0.29, 0.717) is 0 Å². The second kappa shape index (κ2) is 5.28. The largest absolute Gasteiger partial charge is 0.469 e. The van der Waals surface area contributed by atoms with Gasteiger partial charge in [0.1, 0.15) is 5.60 Å². The lowest BCUT2D eigenvalue weighted by Crippen LogP contribution is -2.26. The third kappa shape index (κ3) is 3.01. The Kier molecular flexibility index (Phi) is 3.85. The fourth-order valence-electron chi connectivity index (χ4n) is 1.83. The van der Waals surface area contributed by atoms with Gasteiger partial charge in [-0.25, -0.2) is 4.79 Å². The molecule has 0 radical (unpaired) electrons. The van der Waals surface area contributed by atoms with Crippen LogP contribution in [-0.4, -0.2) is 29.3 Å². The van der Waals surface area contributed by atoms with Crippen LogP contribution in [0.1, 0.15) is 26.3 Å². The summed E-state index contributed by atoms with van der Waals surface area (Å²) in [5.74, 6) is -0.332. The number of hydrogen-bond donors (Lipinski definition) is 0. The van der Waals surface area contributed by atoms with Crippen LogP contribution in [-0.2, 0) is 20.7 Å². The molecule has 0 aliphatic heterocycles. The number of fused-ring (bicyclic) bond motifs is 1. The van der Waals surface area contributed by atoms with Crippen molar-refractivity contribution >= 4 is 33.6 Å². The average Bonchev–Trinajstić information content (AvgIpc) is 2.90. The Balaban J connectivity index is 2.37. The molecule has 0 aliphatic rings. The zero-order valence-electron chi connectivity index (χ0n) is 11.9. The fourth-order valence-corrected chi connectivity index (χ4v) is 2.73. The summed E-state index contributed by atoms with van der Waals surface area (Å²) in [6.45, 7) is 5.44. The van der Waals surface area contributed by atoms with E-state index in [2.05, 4.69) is 4.74 Å². The summed E-state index contributed by atoms with van der Waals surface area (Å²) in [4.78, 5) is 23.6. The minimum atomic E-state index is -0.563. The Morgan fingerprint density at radius 1 is 1.35 bits per heavy atom. The molecule has 0 aromatic carbocycles. The Bertz CT molecular complexity index is 648. The zero-order valence-corrected chi connectivity index (χ0v) is 12.7. The number of aromatic nitrogens is 1. The molecular formula is C14H17NO4S. The molecule has 0 saturated carbocycles. The number of nitrogens with zero attached hydrogens (tertiary/aromatic N) is 1. The van der Waals surface area contributed by atoms with Crippen molar-refractivity contribution in [2.45, 2.75) is 32.8 Å². The maximum absolute atomic E-state index is 12.2. The van der Waals surface area contributed by atoms with Gasteiger partial charge >= 0.3 is 12.1 Å². The van der Waals surface area contributed by atoms with Crippen molar-refractivity contribution < 1.29 is 19.1 Å². The Morgan fingerprint density at radius 2 is 2.05 bits per heavy atom. The minimum Gasteiger partial charge on any atom is -0.469 e. The number of rotatable bonds is 2. The van der Waals surface area contributed by atoms with E-state index in [1.54, 1.807) is 6.20 Å². The Morgan fingerprint density at radius 3 is 2.65 bits per heavy atom. The fraction of sp³-hybridized carbons (Fsp3) is 0.429. The van der Waals surface area contributed by atoms with E-state index in [1.165, 1.54) is 23.0 Å².